The van der Waals surface area contributed by atoms with Gasteiger partial charge in [0.15, 0.2) is 0 Å². The number of nitrogens with one attached hydrogen (secondary N) is 1. The molecule has 1 heterocycles. The molecule has 5 nitrogen and oxygen atoms in total. The highest BCUT2D eigenvalue weighted by Crippen LogP contribution is 2.11. The summed E-state index contributed by atoms with van der Waals surface area (Å²) in [4.78, 5) is 14.8. The number of hydrogen-bond acceptors (Lipinski definition) is 4. The smallest absolute Gasteiger partial charge is 0.251 e. The molecule has 2 aromatic rings. The van der Waals surface area contributed by atoms with Crippen molar-refractivity contribution in [3.63, 3.8) is 0 Å². The molecule has 0 spiro atoms. The molecule has 6 heteroatoms. The molecule has 1 fully saturated rings. The van der Waals surface area contributed by atoms with E-state index in [0.717, 1.165) is 44.0 Å². The predicted octanol–water partition coefficient (Wildman–Crippen LogP) is 2.33. The monoisotopic (exact) mass is 386 g/mol. The minimum Gasteiger partial charge on any atom is -0.379 e. The van der Waals surface area contributed by atoms with Crippen molar-refractivity contribution in [2.24, 2.45) is 0 Å². The SMILES string of the molecule is CS(=O)Cc1cccc(C(=O)NCc2ccc(CN3CCOCC3)cc2)c1. The van der Waals surface area contributed by atoms with Gasteiger partial charge in [0, 0.05) is 54.6 Å². The van der Waals surface area contributed by atoms with Crippen molar-refractivity contribution in [3.8, 4) is 0 Å². The molecule has 1 atom stereocenters. The first-order chi connectivity index (χ1) is 13.1. The van der Waals surface area contributed by atoms with Gasteiger partial charge in [0.1, 0.15) is 0 Å². The van der Waals surface area contributed by atoms with Gasteiger partial charge in [-0.25, -0.2) is 0 Å². The van der Waals surface area contributed by atoms with E-state index in [1.807, 2.05) is 18.2 Å². The van der Waals surface area contributed by atoms with Gasteiger partial charge in [-0.15, -0.1) is 0 Å². The summed E-state index contributed by atoms with van der Waals surface area (Å²) in [6.45, 7) is 4.98. The number of nitrogens with zero attached hydrogens (tertiary/aromatic N) is 1. The minimum atomic E-state index is -0.919. The Morgan fingerprint density at radius 2 is 1.78 bits per heavy atom. The Kier molecular flexibility index (Phi) is 7.15. The van der Waals surface area contributed by atoms with E-state index < -0.39 is 10.8 Å². The van der Waals surface area contributed by atoms with Gasteiger partial charge in [0.2, 0.25) is 0 Å². The number of rotatable bonds is 7. The number of carbonyl (C=O) groups is 1. The van der Waals surface area contributed by atoms with E-state index in [0.29, 0.717) is 17.9 Å². The zero-order valence-corrected chi connectivity index (χ0v) is 16.5. The van der Waals surface area contributed by atoms with Gasteiger partial charge in [-0.3, -0.25) is 13.9 Å². The molecular formula is C21H26N2O3S. The molecular weight excluding hydrogens is 360 g/mol. The summed E-state index contributed by atoms with van der Waals surface area (Å²) in [7, 11) is -0.919. The van der Waals surface area contributed by atoms with Crippen molar-refractivity contribution in [3.05, 3.63) is 70.8 Å². The van der Waals surface area contributed by atoms with Crippen LogP contribution in [0.1, 0.15) is 27.0 Å². The first-order valence-electron chi connectivity index (χ1n) is 9.15. The lowest BCUT2D eigenvalue weighted by Crippen LogP contribution is -2.35. The van der Waals surface area contributed by atoms with Crippen LogP contribution in [-0.4, -0.2) is 47.6 Å². The van der Waals surface area contributed by atoms with Gasteiger partial charge in [-0.2, -0.15) is 0 Å². The Labute approximate surface area is 163 Å². The predicted molar refractivity (Wildman–Crippen MR) is 108 cm³/mol. The van der Waals surface area contributed by atoms with E-state index in [1.54, 1.807) is 12.3 Å². The minimum absolute atomic E-state index is 0.115. The second-order valence-electron chi connectivity index (χ2n) is 6.81. The van der Waals surface area contributed by atoms with E-state index in [4.69, 9.17) is 4.74 Å². The lowest BCUT2D eigenvalue weighted by atomic mass is 10.1. The van der Waals surface area contributed by atoms with E-state index in [9.17, 15) is 9.00 Å². The Balaban J connectivity index is 1.52. The molecule has 0 aliphatic carbocycles. The van der Waals surface area contributed by atoms with Crippen LogP contribution in [0.4, 0.5) is 0 Å². The maximum absolute atomic E-state index is 12.4. The fraction of sp³-hybridized carbons (Fsp3) is 0.381. The number of ether oxygens (including phenoxy) is 1. The molecule has 0 bridgehead atoms. The highest BCUT2D eigenvalue weighted by molar-refractivity contribution is 7.83. The van der Waals surface area contributed by atoms with E-state index >= 15 is 0 Å². The first-order valence-corrected chi connectivity index (χ1v) is 10.9. The maximum atomic E-state index is 12.4. The molecule has 0 saturated carbocycles. The summed E-state index contributed by atoms with van der Waals surface area (Å²) in [6, 6.07) is 15.7. The van der Waals surface area contributed by atoms with Crippen LogP contribution < -0.4 is 5.32 Å². The molecule has 0 radical (unpaired) electrons. The van der Waals surface area contributed by atoms with Crippen molar-refractivity contribution >= 4 is 16.7 Å². The van der Waals surface area contributed by atoms with Crippen molar-refractivity contribution in [2.45, 2.75) is 18.8 Å². The fourth-order valence-electron chi connectivity index (χ4n) is 3.10. The number of benzene rings is 2. The molecule has 0 aromatic heterocycles. The van der Waals surface area contributed by atoms with E-state index in [1.165, 1.54) is 5.56 Å². The van der Waals surface area contributed by atoms with Crippen LogP contribution in [0.25, 0.3) is 0 Å². The van der Waals surface area contributed by atoms with E-state index in [-0.39, 0.29) is 5.91 Å². The fourth-order valence-corrected chi connectivity index (χ4v) is 3.75. The third-order valence-electron chi connectivity index (χ3n) is 4.55. The van der Waals surface area contributed by atoms with Crippen LogP contribution in [0.3, 0.4) is 0 Å². The average Bonchev–Trinajstić information content (AvgIpc) is 2.68. The second-order valence-corrected chi connectivity index (χ2v) is 8.24. The van der Waals surface area contributed by atoms with Crippen LogP contribution in [0.2, 0.25) is 0 Å². The molecule has 144 valence electrons. The summed E-state index contributed by atoms with van der Waals surface area (Å²) in [5, 5.41) is 2.95. The summed E-state index contributed by atoms with van der Waals surface area (Å²) < 4.78 is 16.7. The standard InChI is InChI=1S/C21H26N2O3S/c1-27(25)16-19-3-2-4-20(13-19)21(24)22-14-17-5-7-18(8-6-17)15-23-9-11-26-12-10-23/h2-8,13H,9-12,14-16H2,1H3,(H,22,24). The zero-order valence-electron chi connectivity index (χ0n) is 15.6. The van der Waals surface area contributed by atoms with Gasteiger partial charge in [-0.05, 0) is 28.8 Å². The van der Waals surface area contributed by atoms with Crippen molar-refractivity contribution in [1.82, 2.24) is 10.2 Å². The summed E-state index contributed by atoms with van der Waals surface area (Å²) in [5.74, 6) is 0.349. The van der Waals surface area contributed by atoms with Gasteiger partial charge < -0.3 is 10.1 Å². The molecule has 1 amide bonds. The largest absolute Gasteiger partial charge is 0.379 e. The average molecular weight is 387 g/mol. The van der Waals surface area contributed by atoms with Crippen molar-refractivity contribution in [1.29, 1.82) is 0 Å². The third kappa shape index (κ3) is 6.27. The molecule has 1 N–H and O–H groups in total. The summed E-state index contributed by atoms with van der Waals surface area (Å²) in [6.07, 6.45) is 1.66. The molecule has 1 saturated heterocycles. The molecule has 3 rings (SSSR count). The van der Waals surface area contributed by atoms with Gasteiger partial charge >= 0.3 is 0 Å². The van der Waals surface area contributed by atoms with Crippen LogP contribution in [-0.2, 0) is 34.4 Å². The Hall–Kier alpha value is -2.02. The lowest BCUT2D eigenvalue weighted by Gasteiger charge is -2.26. The highest BCUT2D eigenvalue weighted by atomic mass is 32.2. The number of carbonyl (C=O) groups excluding carboxylic acids is 1. The third-order valence-corrected chi connectivity index (χ3v) is 5.28. The maximum Gasteiger partial charge on any atom is 0.251 e. The highest BCUT2D eigenvalue weighted by Gasteiger charge is 2.11. The lowest BCUT2D eigenvalue weighted by molar-refractivity contribution is 0.0342. The topological polar surface area (TPSA) is 58.6 Å². The van der Waals surface area contributed by atoms with E-state index in [2.05, 4.69) is 34.5 Å². The van der Waals surface area contributed by atoms with Crippen molar-refractivity contribution < 1.29 is 13.7 Å². The van der Waals surface area contributed by atoms with Crippen LogP contribution in [0.5, 0.6) is 0 Å². The molecule has 27 heavy (non-hydrogen) atoms. The van der Waals surface area contributed by atoms with Crippen LogP contribution in [0, 0.1) is 0 Å². The Morgan fingerprint density at radius 1 is 1.07 bits per heavy atom. The number of amides is 1. The van der Waals surface area contributed by atoms with Gasteiger partial charge in [0.25, 0.3) is 5.91 Å². The molecule has 1 aliphatic heterocycles. The molecule has 1 aliphatic rings. The quantitative estimate of drug-likeness (QED) is 0.794. The number of hydrogen-bond donors (Lipinski definition) is 1. The number of morpholine rings is 1. The second kappa shape index (κ2) is 9.78. The summed E-state index contributed by atoms with van der Waals surface area (Å²) >= 11 is 0. The normalized spacial score (nSPS) is 16.0. The molecule has 1 unspecified atom stereocenters. The van der Waals surface area contributed by atoms with Crippen LogP contribution >= 0.6 is 0 Å². The van der Waals surface area contributed by atoms with Crippen molar-refractivity contribution in [2.75, 3.05) is 32.6 Å². The van der Waals surface area contributed by atoms with Gasteiger partial charge in [-0.1, -0.05) is 36.4 Å². The Bertz CT molecular complexity index is 786. The zero-order chi connectivity index (χ0) is 19.1. The first kappa shape index (κ1) is 19.7. The molecule has 2 aromatic carbocycles. The Morgan fingerprint density at radius 3 is 2.48 bits per heavy atom. The van der Waals surface area contributed by atoms with Gasteiger partial charge in [0.05, 0.1) is 13.2 Å². The van der Waals surface area contributed by atoms with Crippen LogP contribution in [0.15, 0.2) is 48.5 Å². The summed E-state index contributed by atoms with van der Waals surface area (Å²) in [5.41, 5.74) is 3.85.